The Labute approximate surface area is 179 Å². The number of pyridine rings is 1. The zero-order valence-electron chi connectivity index (χ0n) is 17.6. The van der Waals surface area contributed by atoms with Gasteiger partial charge in [-0.3, -0.25) is 4.79 Å². The number of nitrogens with two attached hydrogens (primary N) is 2. The average molecular weight is 422 g/mol. The number of carbonyl (C=O) groups excluding carboxylic acids is 1. The largest absolute Gasteiger partial charge is 0.418 e. The van der Waals surface area contributed by atoms with Crippen molar-refractivity contribution in [1.29, 1.82) is 0 Å². The Bertz CT molecular complexity index is 1230. The molecule has 0 bridgehead atoms. The highest BCUT2D eigenvalue weighted by molar-refractivity contribution is 6.03. The third-order valence-corrected chi connectivity index (χ3v) is 5.14. The molecule has 0 saturated heterocycles. The van der Waals surface area contributed by atoms with Crippen molar-refractivity contribution in [2.75, 3.05) is 18.9 Å². The van der Waals surface area contributed by atoms with E-state index in [1.807, 2.05) is 35.9 Å². The number of oxazole rings is 1. The predicted molar refractivity (Wildman–Crippen MR) is 119 cm³/mol. The van der Waals surface area contributed by atoms with E-state index in [9.17, 15) is 4.79 Å². The Morgan fingerprint density at radius 2 is 2.13 bits per heavy atom. The van der Waals surface area contributed by atoms with Gasteiger partial charge in [0.25, 0.3) is 5.71 Å². The Balaban J connectivity index is 1.60. The molecule has 4 rings (SSSR count). The highest BCUT2D eigenvalue weighted by Crippen LogP contribution is 2.31. The molecule has 10 nitrogen and oxygen atoms in total. The zero-order valence-corrected chi connectivity index (χ0v) is 17.6. The average Bonchev–Trinajstić information content (AvgIpc) is 3.38. The van der Waals surface area contributed by atoms with Crippen LogP contribution in [0.1, 0.15) is 18.4 Å². The van der Waals surface area contributed by atoms with Crippen molar-refractivity contribution < 1.29 is 9.21 Å². The molecule has 1 unspecified atom stereocenters. The lowest BCUT2D eigenvalue weighted by Crippen LogP contribution is -2.40. The lowest BCUT2D eigenvalue weighted by Gasteiger charge is -2.12. The van der Waals surface area contributed by atoms with Gasteiger partial charge in [-0.2, -0.15) is 4.98 Å². The molecule has 4 aromatic rings. The first-order chi connectivity index (χ1) is 15.0. The maximum absolute atomic E-state index is 12.2. The summed E-state index contributed by atoms with van der Waals surface area (Å²) in [7, 11) is 3.70. The molecule has 1 amide bonds. The molecule has 3 heterocycles. The van der Waals surface area contributed by atoms with Crippen molar-refractivity contribution >= 4 is 34.0 Å². The molecule has 0 fully saturated rings. The zero-order chi connectivity index (χ0) is 22.0. The summed E-state index contributed by atoms with van der Waals surface area (Å²) in [6, 6.07) is 7.09. The summed E-state index contributed by atoms with van der Waals surface area (Å²) >= 11 is 0. The topological polar surface area (TPSA) is 150 Å². The minimum absolute atomic E-state index is 0.192. The number of fused-ring (bicyclic) bond motifs is 3. The molecule has 1 aromatic carbocycles. The maximum Gasteiger partial charge on any atom is 0.251 e. The van der Waals surface area contributed by atoms with Crippen molar-refractivity contribution in [2.24, 2.45) is 18.5 Å². The second-order valence-corrected chi connectivity index (χ2v) is 7.39. The monoisotopic (exact) mass is 422 g/mol. The van der Waals surface area contributed by atoms with Gasteiger partial charge >= 0.3 is 0 Å². The molecule has 162 valence electrons. The van der Waals surface area contributed by atoms with E-state index < -0.39 is 6.04 Å². The van der Waals surface area contributed by atoms with Gasteiger partial charge in [0.2, 0.25) is 11.8 Å². The molecule has 31 heavy (non-hydrogen) atoms. The second kappa shape index (κ2) is 8.70. The summed E-state index contributed by atoms with van der Waals surface area (Å²) in [5, 5.41) is 5.92. The van der Waals surface area contributed by atoms with Crippen LogP contribution in [0.3, 0.4) is 0 Å². The van der Waals surface area contributed by atoms with Crippen molar-refractivity contribution in [3.05, 3.63) is 36.2 Å². The van der Waals surface area contributed by atoms with Crippen LogP contribution in [-0.2, 0) is 18.4 Å². The Morgan fingerprint density at radius 3 is 2.90 bits per heavy atom. The number of aryl methyl sites for hydroxylation is 1. The highest BCUT2D eigenvalue weighted by Gasteiger charge is 2.19. The lowest BCUT2D eigenvalue weighted by molar-refractivity contribution is -0.122. The summed E-state index contributed by atoms with van der Waals surface area (Å²) in [5.74, 6) is 0.891. The number of carbonyl (C=O) groups is 1. The standard InChI is InChI=1S/C21H26N8O2/c1-24-18-15-17(29(2)11-26-15)16-21(28-18)31-20(27-16)13-6-3-5-12(9-13)10-25-19(30)14(23)7-4-8-22/h3,5-6,9,11,14H,4,7-8,10,22-23H2,1-2H3,(H,24,28)(H,25,30). The number of nitrogens with one attached hydrogen (secondary N) is 2. The van der Waals surface area contributed by atoms with Gasteiger partial charge in [-0.05, 0) is 37.1 Å². The summed E-state index contributed by atoms with van der Waals surface area (Å²) in [6.07, 6.45) is 3.01. The molecule has 1 atom stereocenters. The van der Waals surface area contributed by atoms with Crippen molar-refractivity contribution in [2.45, 2.75) is 25.4 Å². The van der Waals surface area contributed by atoms with E-state index in [4.69, 9.17) is 15.9 Å². The van der Waals surface area contributed by atoms with Gasteiger partial charge in [-0.15, -0.1) is 0 Å². The molecule has 0 aliphatic rings. The minimum Gasteiger partial charge on any atom is -0.418 e. The van der Waals surface area contributed by atoms with Crippen molar-refractivity contribution in [1.82, 2.24) is 24.8 Å². The van der Waals surface area contributed by atoms with Crippen molar-refractivity contribution in [3.63, 3.8) is 0 Å². The Morgan fingerprint density at radius 1 is 1.29 bits per heavy atom. The Hall–Kier alpha value is -3.50. The fraction of sp³-hybridized carbons (Fsp3) is 0.333. The van der Waals surface area contributed by atoms with Gasteiger partial charge in [-0.1, -0.05) is 12.1 Å². The van der Waals surface area contributed by atoms with E-state index in [-0.39, 0.29) is 5.91 Å². The van der Waals surface area contributed by atoms with Crippen LogP contribution in [0.2, 0.25) is 0 Å². The normalized spacial score (nSPS) is 12.4. The molecule has 0 radical (unpaired) electrons. The second-order valence-electron chi connectivity index (χ2n) is 7.39. The number of hydrogen-bond donors (Lipinski definition) is 4. The molecular formula is C21H26N8O2. The van der Waals surface area contributed by atoms with E-state index in [0.29, 0.717) is 42.4 Å². The number of amides is 1. The highest BCUT2D eigenvalue weighted by atomic mass is 16.4. The van der Waals surface area contributed by atoms with Gasteiger partial charge in [0.05, 0.1) is 12.4 Å². The van der Waals surface area contributed by atoms with Gasteiger partial charge in [0.15, 0.2) is 11.3 Å². The predicted octanol–water partition coefficient (Wildman–Crippen LogP) is 1.50. The molecule has 0 aliphatic heterocycles. The molecule has 0 spiro atoms. The molecule has 3 aromatic heterocycles. The number of nitrogens with zero attached hydrogens (tertiary/aromatic N) is 4. The van der Waals surface area contributed by atoms with E-state index in [1.54, 1.807) is 13.4 Å². The number of benzene rings is 1. The number of hydrogen-bond acceptors (Lipinski definition) is 8. The lowest BCUT2D eigenvalue weighted by atomic mass is 10.1. The maximum atomic E-state index is 12.2. The van der Waals surface area contributed by atoms with E-state index >= 15 is 0 Å². The summed E-state index contributed by atoms with van der Waals surface area (Å²) in [6.45, 7) is 0.876. The first-order valence-corrected chi connectivity index (χ1v) is 10.1. The van der Waals surface area contributed by atoms with Crippen LogP contribution in [-0.4, -0.2) is 45.1 Å². The quantitative estimate of drug-likeness (QED) is 0.334. The first kappa shape index (κ1) is 20.8. The molecule has 0 saturated carbocycles. The third kappa shape index (κ3) is 4.07. The van der Waals surface area contributed by atoms with E-state index in [1.165, 1.54) is 0 Å². The number of aromatic nitrogens is 4. The number of rotatable bonds is 8. The van der Waals surface area contributed by atoms with Crippen molar-refractivity contribution in [3.8, 4) is 11.5 Å². The fourth-order valence-corrected chi connectivity index (χ4v) is 3.48. The third-order valence-electron chi connectivity index (χ3n) is 5.14. The number of imidazole rings is 1. The van der Waals surface area contributed by atoms with Crippen LogP contribution in [0.5, 0.6) is 0 Å². The number of anilines is 1. The van der Waals surface area contributed by atoms with E-state index in [0.717, 1.165) is 28.6 Å². The van der Waals surface area contributed by atoms with Crippen LogP contribution in [0, 0.1) is 0 Å². The first-order valence-electron chi connectivity index (χ1n) is 10.1. The smallest absolute Gasteiger partial charge is 0.251 e. The minimum atomic E-state index is -0.558. The van der Waals surface area contributed by atoms with Gasteiger partial charge < -0.3 is 31.1 Å². The SMILES string of the molecule is CNc1nc2oc(-c3cccc(CNC(=O)C(N)CCCN)c3)nc2c2c1ncn2C. The van der Waals surface area contributed by atoms with Crippen LogP contribution in [0.25, 0.3) is 33.7 Å². The van der Waals surface area contributed by atoms with Gasteiger partial charge in [-0.25, -0.2) is 9.97 Å². The fourth-order valence-electron chi connectivity index (χ4n) is 3.48. The van der Waals surface area contributed by atoms with E-state index in [2.05, 4.69) is 25.6 Å². The van der Waals surface area contributed by atoms with Gasteiger partial charge in [0.1, 0.15) is 11.0 Å². The molecular weight excluding hydrogens is 396 g/mol. The summed E-state index contributed by atoms with van der Waals surface area (Å²) < 4.78 is 7.86. The van der Waals surface area contributed by atoms with Crippen LogP contribution >= 0.6 is 0 Å². The van der Waals surface area contributed by atoms with Crippen LogP contribution < -0.4 is 22.1 Å². The molecule has 6 N–H and O–H groups in total. The Kier molecular flexibility index (Phi) is 5.83. The summed E-state index contributed by atoms with van der Waals surface area (Å²) in [5.41, 5.74) is 15.7. The summed E-state index contributed by atoms with van der Waals surface area (Å²) in [4.78, 5) is 25.8. The van der Waals surface area contributed by atoms with Gasteiger partial charge in [0, 0.05) is 26.2 Å². The molecule has 10 heteroatoms. The van der Waals surface area contributed by atoms with Crippen LogP contribution in [0.4, 0.5) is 5.82 Å². The molecule has 0 aliphatic carbocycles. The van der Waals surface area contributed by atoms with Crippen LogP contribution in [0.15, 0.2) is 35.0 Å².